The summed E-state index contributed by atoms with van der Waals surface area (Å²) in [5.74, 6) is -1.55. The van der Waals surface area contributed by atoms with Crippen LogP contribution in [0.15, 0.2) is 0 Å². The Morgan fingerprint density at radius 3 is 2.16 bits per heavy atom. The zero-order chi connectivity index (χ0) is 14.8. The number of ether oxygens (including phenoxy) is 2. The van der Waals surface area contributed by atoms with E-state index in [9.17, 15) is 9.59 Å². The Hall–Kier alpha value is -1.34. The standard InChI is InChI=1S/C12H24N2O5/c1-8(2)10(11(15)16)6-14-12(17)13-5-9(19-4)7-18-3/h8-10H,5-7H2,1-4H3,(H,15,16)(H2,13,14,17). The van der Waals surface area contributed by atoms with E-state index in [1.54, 1.807) is 21.0 Å². The van der Waals surface area contributed by atoms with Gasteiger partial charge in [0.2, 0.25) is 0 Å². The molecule has 0 saturated heterocycles. The normalized spacial score (nSPS) is 13.9. The van der Waals surface area contributed by atoms with Crippen molar-refractivity contribution in [1.82, 2.24) is 10.6 Å². The van der Waals surface area contributed by atoms with E-state index in [0.717, 1.165) is 0 Å². The largest absolute Gasteiger partial charge is 0.481 e. The van der Waals surface area contributed by atoms with Gasteiger partial charge in [0.25, 0.3) is 0 Å². The van der Waals surface area contributed by atoms with Gasteiger partial charge >= 0.3 is 12.0 Å². The number of carbonyl (C=O) groups is 2. The zero-order valence-electron chi connectivity index (χ0n) is 11.9. The first-order valence-electron chi connectivity index (χ1n) is 6.18. The molecule has 0 radical (unpaired) electrons. The van der Waals surface area contributed by atoms with Gasteiger partial charge in [0, 0.05) is 27.3 Å². The third-order valence-electron chi connectivity index (χ3n) is 2.78. The highest BCUT2D eigenvalue weighted by molar-refractivity contribution is 5.75. The highest BCUT2D eigenvalue weighted by Gasteiger charge is 2.22. The molecule has 0 saturated carbocycles. The maximum atomic E-state index is 11.5. The van der Waals surface area contributed by atoms with Crippen LogP contribution >= 0.6 is 0 Å². The smallest absolute Gasteiger partial charge is 0.314 e. The van der Waals surface area contributed by atoms with Gasteiger partial charge in [-0.15, -0.1) is 0 Å². The molecule has 7 nitrogen and oxygen atoms in total. The molecule has 3 N–H and O–H groups in total. The number of carbonyl (C=O) groups excluding carboxylic acids is 1. The molecular formula is C12H24N2O5. The van der Waals surface area contributed by atoms with E-state index in [4.69, 9.17) is 14.6 Å². The second kappa shape index (κ2) is 9.57. The summed E-state index contributed by atoms with van der Waals surface area (Å²) in [6.07, 6.45) is -0.226. The number of methoxy groups -OCH3 is 2. The lowest BCUT2D eigenvalue weighted by Gasteiger charge is -2.18. The van der Waals surface area contributed by atoms with Gasteiger partial charge in [-0.2, -0.15) is 0 Å². The summed E-state index contributed by atoms with van der Waals surface area (Å²) in [6.45, 7) is 4.38. The van der Waals surface area contributed by atoms with Crippen LogP contribution in [0.25, 0.3) is 0 Å². The fourth-order valence-corrected chi connectivity index (χ4v) is 1.48. The van der Waals surface area contributed by atoms with Crippen LogP contribution in [-0.4, -0.2) is 57.1 Å². The minimum Gasteiger partial charge on any atom is -0.481 e. The topological polar surface area (TPSA) is 96.9 Å². The molecule has 112 valence electrons. The van der Waals surface area contributed by atoms with Crippen molar-refractivity contribution in [3.63, 3.8) is 0 Å². The molecule has 0 spiro atoms. The Bertz CT molecular complexity index is 283. The highest BCUT2D eigenvalue weighted by atomic mass is 16.5. The second-order valence-electron chi connectivity index (χ2n) is 4.59. The first-order chi connectivity index (χ1) is 8.92. The van der Waals surface area contributed by atoms with Crippen molar-refractivity contribution >= 4 is 12.0 Å². The molecule has 0 aromatic rings. The van der Waals surface area contributed by atoms with Gasteiger partial charge in [0.1, 0.15) is 0 Å². The van der Waals surface area contributed by atoms with Crippen molar-refractivity contribution in [3.05, 3.63) is 0 Å². The van der Waals surface area contributed by atoms with E-state index in [-0.39, 0.29) is 18.6 Å². The van der Waals surface area contributed by atoms with Gasteiger partial charge in [-0.3, -0.25) is 4.79 Å². The molecule has 2 unspecified atom stereocenters. The second-order valence-corrected chi connectivity index (χ2v) is 4.59. The predicted octanol–water partition coefficient (Wildman–Crippen LogP) is 0.304. The van der Waals surface area contributed by atoms with Gasteiger partial charge in [-0.25, -0.2) is 4.79 Å². The Labute approximate surface area is 113 Å². The predicted molar refractivity (Wildman–Crippen MR) is 70.0 cm³/mol. The van der Waals surface area contributed by atoms with E-state index in [2.05, 4.69) is 10.6 Å². The SMILES string of the molecule is COCC(CNC(=O)NCC(C(=O)O)C(C)C)OC. The summed E-state index contributed by atoms with van der Waals surface area (Å²) >= 11 is 0. The quantitative estimate of drug-likeness (QED) is 0.563. The fourth-order valence-electron chi connectivity index (χ4n) is 1.48. The minimum absolute atomic E-state index is 0.0435. The summed E-state index contributed by atoms with van der Waals surface area (Å²) in [5, 5.41) is 14.1. The van der Waals surface area contributed by atoms with Crippen molar-refractivity contribution in [2.45, 2.75) is 20.0 Å². The maximum absolute atomic E-state index is 11.5. The van der Waals surface area contributed by atoms with Gasteiger partial charge in [-0.05, 0) is 5.92 Å². The zero-order valence-corrected chi connectivity index (χ0v) is 11.9. The highest BCUT2D eigenvalue weighted by Crippen LogP contribution is 2.09. The summed E-state index contributed by atoms with van der Waals surface area (Å²) in [6, 6.07) is -0.412. The Morgan fingerprint density at radius 1 is 1.16 bits per heavy atom. The summed E-state index contributed by atoms with van der Waals surface area (Å²) < 4.78 is 10.00. The van der Waals surface area contributed by atoms with Crippen LogP contribution in [-0.2, 0) is 14.3 Å². The summed E-state index contributed by atoms with van der Waals surface area (Å²) in [7, 11) is 3.08. The van der Waals surface area contributed by atoms with Crippen LogP contribution in [0.2, 0.25) is 0 Å². The molecule has 0 aliphatic rings. The molecule has 0 aliphatic carbocycles. The number of amides is 2. The number of rotatable bonds is 9. The summed E-state index contributed by atoms with van der Waals surface area (Å²) in [4.78, 5) is 22.4. The molecule has 2 atom stereocenters. The Morgan fingerprint density at radius 2 is 1.74 bits per heavy atom. The van der Waals surface area contributed by atoms with Crippen molar-refractivity contribution in [1.29, 1.82) is 0 Å². The average molecular weight is 276 g/mol. The van der Waals surface area contributed by atoms with Gasteiger partial charge in [0.05, 0.1) is 18.6 Å². The molecule has 0 aromatic carbocycles. The van der Waals surface area contributed by atoms with E-state index in [1.807, 2.05) is 0 Å². The number of hydrogen-bond donors (Lipinski definition) is 3. The van der Waals surface area contributed by atoms with Gasteiger partial charge in [0.15, 0.2) is 0 Å². The van der Waals surface area contributed by atoms with Crippen LogP contribution in [0.4, 0.5) is 4.79 Å². The first-order valence-corrected chi connectivity index (χ1v) is 6.18. The lowest BCUT2D eigenvalue weighted by atomic mass is 9.96. The molecule has 0 aromatic heterocycles. The lowest BCUT2D eigenvalue weighted by molar-refractivity contribution is -0.142. The number of aliphatic carboxylic acids is 1. The molecule has 0 bridgehead atoms. The van der Waals surface area contributed by atoms with Crippen molar-refractivity contribution in [2.24, 2.45) is 11.8 Å². The van der Waals surface area contributed by atoms with E-state index in [0.29, 0.717) is 13.2 Å². The molecule has 0 aliphatic heterocycles. The molecule has 19 heavy (non-hydrogen) atoms. The number of urea groups is 1. The van der Waals surface area contributed by atoms with Crippen LogP contribution in [0, 0.1) is 11.8 Å². The fraction of sp³-hybridized carbons (Fsp3) is 0.833. The van der Waals surface area contributed by atoms with E-state index >= 15 is 0 Å². The van der Waals surface area contributed by atoms with Crippen molar-refractivity contribution in [3.8, 4) is 0 Å². The van der Waals surface area contributed by atoms with Crippen LogP contribution in [0.5, 0.6) is 0 Å². The molecule has 0 heterocycles. The number of nitrogens with one attached hydrogen (secondary N) is 2. The third kappa shape index (κ3) is 7.63. The molecule has 0 rings (SSSR count). The molecule has 7 heteroatoms. The number of hydrogen-bond acceptors (Lipinski definition) is 4. The number of carboxylic acids is 1. The lowest BCUT2D eigenvalue weighted by Crippen LogP contribution is -2.44. The van der Waals surface area contributed by atoms with Crippen LogP contribution in [0.1, 0.15) is 13.8 Å². The van der Waals surface area contributed by atoms with E-state index in [1.165, 1.54) is 7.11 Å². The average Bonchev–Trinajstić information content (AvgIpc) is 2.33. The van der Waals surface area contributed by atoms with Crippen molar-refractivity contribution in [2.75, 3.05) is 33.9 Å². The Balaban J connectivity index is 4.00. The van der Waals surface area contributed by atoms with Crippen LogP contribution < -0.4 is 10.6 Å². The maximum Gasteiger partial charge on any atom is 0.314 e. The van der Waals surface area contributed by atoms with Gasteiger partial charge < -0.3 is 25.2 Å². The Kier molecular flexibility index (Phi) is 8.90. The van der Waals surface area contributed by atoms with E-state index < -0.39 is 17.9 Å². The third-order valence-corrected chi connectivity index (χ3v) is 2.78. The molecule has 2 amide bonds. The molecular weight excluding hydrogens is 252 g/mol. The monoisotopic (exact) mass is 276 g/mol. The first kappa shape index (κ1) is 17.7. The minimum atomic E-state index is -0.913. The van der Waals surface area contributed by atoms with Crippen molar-refractivity contribution < 1.29 is 24.2 Å². The molecule has 0 fully saturated rings. The number of carboxylic acid groups (broad SMARTS) is 1. The van der Waals surface area contributed by atoms with Crippen LogP contribution in [0.3, 0.4) is 0 Å². The summed E-state index contributed by atoms with van der Waals surface area (Å²) in [5.41, 5.74) is 0. The van der Waals surface area contributed by atoms with Gasteiger partial charge in [-0.1, -0.05) is 13.8 Å².